The van der Waals surface area contributed by atoms with Gasteiger partial charge in [-0.1, -0.05) is 42.0 Å². The van der Waals surface area contributed by atoms with Crippen LogP contribution in [0.3, 0.4) is 0 Å². The Kier molecular flexibility index (Phi) is 5.82. The number of nitrogens with zero attached hydrogens (tertiary/aromatic N) is 2. The van der Waals surface area contributed by atoms with Crippen LogP contribution in [-0.4, -0.2) is 26.4 Å². The molecule has 2 N–H and O–H groups in total. The second-order valence-corrected chi connectivity index (χ2v) is 8.53. The van der Waals surface area contributed by atoms with E-state index < -0.39 is 0 Å². The number of aryl methyl sites for hydroxylation is 1. The van der Waals surface area contributed by atoms with Gasteiger partial charge in [0.2, 0.25) is 5.91 Å². The maximum atomic E-state index is 14.0. The average molecular weight is 429 g/mol. The van der Waals surface area contributed by atoms with Crippen molar-refractivity contribution < 1.29 is 9.18 Å². The molecular formula is C21H21FN4OS2. The van der Waals surface area contributed by atoms with Gasteiger partial charge in [-0.25, -0.2) is 4.39 Å². The molecule has 8 heteroatoms. The summed E-state index contributed by atoms with van der Waals surface area (Å²) in [5.74, 6) is 1.18. The van der Waals surface area contributed by atoms with Gasteiger partial charge in [0.25, 0.3) is 0 Å². The molecule has 150 valence electrons. The first-order valence-corrected chi connectivity index (χ1v) is 10.8. The molecule has 2 aromatic carbocycles. The molecular weight excluding hydrogens is 407 g/mol. The summed E-state index contributed by atoms with van der Waals surface area (Å²) in [7, 11) is 0. The SMILES string of the molecule is Cc1ccc(-c2n[nH]c(=S)n2CCC(=O)N[C@H]2CCSc3c(F)cccc32)cc1. The molecule has 0 radical (unpaired) electrons. The van der Waals surface area contributed by atoms with Crippen LogP contribution in [0.4, 0.5) is 4.39 Å². The monoisotopic (exact) mass is 428 g/mol. The number of thioether (sulfide) groups is 1. The zero-order valence-corrected chi connectivity index (χ0v) is 17.6. The van der Waals surface area contributed by atoms with Crippen molar-refractivity contribution in [2.45, 2.75) is 37.2 Å². The summed E-state index contributed by atoms with van der Waals surface area (Å²) in [5, 5.41) is 10.2. The van der Waals surface area contributed by atoms with E-state index in [1.165, 1.54) is 17.8 Å². The number of halogens is 1. The maximum absolute atomic E-state index is 14.0. The molecule has 4 rings (SSSR count). The number of aromatic nitrogens is 3. The Balaban J connectivity index is 1.45. The predicted molar refractivity (Wildman–Crippen MR) is 115 cm³/mol. The lowest BCUT2D eigenvalue weighted by molar-refractivity contribution is -0.122. The number of hydrogen-bond acceptors (Lipinski definition) is 4. The van der Waals surface area contributed by atoms with E-state index in [2.05, 4.69) is 15.5 Å². The molecule has 5 nitrogen and oxygen atoms in total. The van der Waals surface area contributed by atoms with Crippen LogP contribution in [0.1, 0.15) is 30.0 Å². The Labute approximate surface area is 177 Å². The molecule has 0 unspecified atom stereocenters. The van der Waals surface area contributed by atoms with Crippen molar-refractivity contribution in [2.24, 2.45) is 0 Å². The van der Waals surface area contributed by atoms with Gasteiger partial charge in [-0.2, -0.15) is 5.10 Å². The highest BCUT2D eigenvalue weighted by Crippen LogP contribution is 2.37. The van der Waals surface area contributed by atoms with Crippen LogP contribution >= 0.6 is 24.0 Å². The Morgan fingerprint density at radius 2 is 2.14 bits per heavy atom. The Bertz CT molecular complexity index is 1090. The number of carbonyl (C=O) groups excluding carboxylic acids is 1. The van der Waals surface area contributed by atoms with E-state index in [0.29, 0.717) is 22.0 Å². The number of carbonyl (C=O) groups is 1. The summed E-state index contributed by atoms with van der Waals surface area (Å²) in [4.78, 5) is 13.3. The van der Waals surface area contributed by atoms with Crippen LogP contribution in [-0.2, 0) is 11.3 Å². The molecule has 1 aliphatic rings. The topological polar surface area (TPSA) is 62.7 Å². The molecule has 2 heterocycles. The fourth-order valence-corrected chi connectivity index (χ4v) is 4.83. The highest BCUT2D eigenvalue weighted by Gasteiger charge is 2.24. The number of benzene rings is 2. The molecule has 29 heavy (non-hydrogen) atoms. The molecule has 0 bridgehead atoms. The Hall–Kier alpha value is -2.45. The second kappa shape index (κ2) is 8.51. The third kappa shape index (κ3) is 4.28. The van der Waals surface area contributed by atoms with Gasteiger partial charge in [-0.3, -0.25) is 14.5 Å². The van der Waals surface area contributed by atoms with Crippen molar-refractivity contribution in [3.8, 4) is 11.4 Å². The lowest BCUT2D eigenvalue weighted by Crippen LogP contribution is -2.31. The van der Waals surface area contributed by atoms with Gasteiger partial charge >= 0.3 is 0 Å². The van der Waals surface area contributed by atoms with Crippen molar-refractivity contribution in [1.82, 2.24) is 20.1 Å². The van der Waals surface area contributed by atoms with Gasteiger partial charge in [0.1, 0.15) is 5.82 Å². The normalized spacial score (nSPS) is 15.7. The van der Waals surface area contributed by atoms with Crippen LogP contribution in [0.2, 0.25) is 0 Å². The summed E-state index contributed by atoms with van der Waals surface area (Å²) in [6, 6.07) is 12.9. The number of hydrogen-bond donors (Lipinski definition) is 2. The van der Waals surface area contributed by atoms with Crippen LogP contribution in [0.25, 0.3) is 11.4 Å². The molecule has 0 saturated heterocycles. The maximum Gasteiger partial charge on any atom is 0.222 e. The van der Waals surface area contributed by atoms with Gasteiger partial charge in [0.15, 0.2) is 10.6 Å². The minimum absolute atomic E-state index is 0.0879. The minimum Gasteiger partial charge on any atom is -0.349 e. The van der Waals surface area contributed by atoms with E-state index in [1.54, 1.807) is 6.07 Å². The van der Waals surface area contributed by atoms with Crippen molar-refractivity contribution in [2.75, 3.05) is 5.75 Å². The van der Waals surface area contributed by atoms with Gasteiger partial charge in [-0.05, 0) is 37.2 Å². The molecule has 1 aromatic heterocycles. The summed E-state index contributed by atoms with van der Waals surface area (Å²) in [6.45, 7) is 2.45. The van der Waals surface area contributed by atoms with Crippen molar-refractivity contribution in [3.63, 3.8) is 0 Å². The highest BCUT2D eigenvalue weighted by molar-refractivity contribution is 7.99. The second-order valence-electron chi connectivity index (χ2n) is 7.04. The van der Waals surface area contributed by atoms with E-state index in [1.807, 2.05) is 41.8 Å². The van der Waals surface area contributed by atoms with Crippen molar-refractivity contribution in [3.05, 3.63) is 64.2 Å². The van der Waals surface area contributed by atoms with Crippen molar-refractivity contribution >= 4 is 29.9 Å². The van der Waals surface area contributed by atoms with Crippen molar-refractivity contribution in [1.29, 1.82) is 0 Å². The number of rotatable bonds is 5. The Morgan fingerprint density at radius 3 is 2.93 bits per heavy atom. The van der Waals surface area contributed by atoms with Crippen LogP contribution < -0.4 is 5.32 Å². The molecule has 1 amide bonds. The lowest BCUT2D eigenvalue weighted by Gasteiger charge is -2.26. The van der Waals surface area contributed by atoms with Gasteiger partial charge in [0, 0.05) is 29.2 Å². The molecule has 1 atom stereocenters. The van der Waals surface area contributed by atoms with E-state index in [-0.39, 0.29) is 24.2 Å². The quantitative estimate of drug-likeness (QED) is 0.573. The first-order chi connectivity index (χ1) is 14.0. The van der Waals surface area contributed by atoms with Crippen LogP contribution in [0.5, 0.6) is 0 Å². The van der Waals surface area contributed by atoms with Gasteiger partial charge in [0.05, 0.1) is 6.04 Å². The number of amides is 1. The Morgan fingerprint density at radius 1 is 1.34 bits per heavy atom. The summed E-state index contributed by atoms with van der Waals surface area (Å²) >= 11 is 6.85. The standard InChI is InChI=1S/C21H21FN4OS2/c1-13-5-7-14(8-6-13)20-24-25-21(28)26(20)11-9-18(27)23-17-10-12-29-19-15(17)3-2-4-16(19)22/h2-8,17H,9-12H2,1H3,(H,23,27)(H,25,28)/t17-/m0/s1. The van der Waals surface area contributed by atoms with E-state index >= 15 is 0 Å². The van der Waals surface area contributed by atoms with Crippen LogP contribution in [0, 0.1) is 17.5 Å². The molecule has 3 aromatic rings. The zero-order chi connectivity index (χ0) is 20.4. The molecule has 0 spiro atoms. The number of nitrogens with one attached hydrogen (secondary N) is 2. The molecule has 0 fully saturated rings. The summed E-state index contributed by atoms with van der Waals surface area (Å²) in [6.07, 6.45) is 1.05. The zero-order valence-electron chi connectivity index (χ0n) is 15.9. The number of fused-ring (bicyclic) bond motifs is 1. The summed E-state index contributed by atoms with van der Waals surface area (Å²) < 4.78 is 16.4. The highest BCUT2D eigenvalue weighted by atomic mass is 32.2. The van der Waals surface area contributed by atoms with E-state index in [4.69, 9.17) is 12.2 Å². The third-order valence-corrected chi connectivity index (χ3v) is 6.46. The molecule has 1 aliphatic heterocycles. The largest absolute Gasteiger partial charge is 0.349 e. The predicted octanol–water partition coefficient (Wildman–Crippen LogP) is 4.80. The van der Waals surface area contributed by atoms with Gasteiger partial charge in [-0.15, -0.1) is 11.8 Å². The summed E-state index contributed by atoms with van der Waals surface area (Å²) in [5.41, 5.74) is 2.96. The number of H-pyrrole nitrogens is 1. The first kappa shape index (κ1) is 19.8. The van der Waals surface area contributed by atoms with E-state index in [0.717, 1.165) is 28.9 Å². The molecule has 0 saturated carbocycles. The first-order valence-electron chi connectivity index (χ1n) is 9.46. The smallest absolute Gasteiger partial charge is 0.222 e. The third-order valence-electron chi connectivity index (χ3n) is 4.99. The lowest BCUT2D eigenvalue weighted by atomic mass is 10.0. The van der Waals surface area contributed by atoms with Crippen LogP contribution in [0.15, 0.2) is 47.4 Å². The average Bonchev–Trinajstić information content (AvgIpc) is 3.08. The molecule has 0 aliphatic carbocycles. The fraction of sp³-hybridized carbons (Fsp3) is 0.286. The van der Waals surface area contributed by atoms with Gasteiger partial charge < -0.3 is 5.32 Å². The number of aromatic amines is 1. The van der Waals surface area contributed by atoms with E-state index in [9.17, 15) is 9.18 Å². The fourth-order valence-electron chi connectivity index (χ4n) is 3.46. The minimum atomic E-state index is -0.223.